The third-order valence-corrected chi connectivity index (χ3v) is 3.82. The van der Waals surface area contributed by atoms with Gasteiger partial charge in [0.15, 0.2) is 0 Å². The Kier molecular flexibility index (Phi) is 4.70. The Morgan fingerprint density at radius 2 is 1.71 bits per heavy atom. The molecular formula is C19H20N4O. The Balaban J connectivity index is 1.73. The Morgan fingerprint density at radius 3 is 2.33 bits per heavy atom. The van der Waals surface area contributed by atoms with Crippen LogP contribution in [0.15, 0.2) is 59.4 Å². The van der Waals surface area contributed by atoms with E-state index in [2.05, 4.69) is 46.5 Å². The van der Waals surface area contributed by atoms with E-state index < -0.39 is 0 Å². The molecule has 1 aromatic heterocycles. The number of rotatable bonds is 5. The van der Waals surface area contributed by atoms with Gasteiger partial charge in [-0.1, -0.05) is 56.3 Å². The highest BCUT2D eigenvalue weighted by molar-refractivity contribution is 5.53. The van der Waals surface area contributed by atoms with Crippen LogP contribution in [0, 0.1) is 0 Å². The monoisotopic (exact) mass is 320 g/mol. The average molecular weight is 320 g/mol. The van der Waals surface area contributed by atoms with Crippen LogP contribution in [0.4, 0.5) is 11.6 Å². The third kappa shape index (κ3) is 3.87. The molecule has 0 bridgehead atoms. The number of nitrogens with one attached hydrogen (secondary N) is 2. The summed E-state index contributed by atoms with van der Waals surface area (Å²) in [6.45, 7) is 4.30. The molecule has 24 heavy (non-hydrogen) atoms. The molecule has 5 nitrogen and oxygen atoms in total. The molecule has 5 heteroatoms. The molecule has 3 rings (SSSR count). The normalized spacial score (nSPS) is 10.8. The zero-order chi connectivity index (χ0) is 16.9. The fourth-order valence-electron chi connectivity index (χ4n) is 2.41. The van der Waals surface area contributed by atoms with Crippen molar-refractivity contribution in [3.05, 3.63) is 81.8 Å². The summed E-state index contributed by atoms with van der Waals surface area (Å²) in [7, 11) is 0. The van der Waals surface area contributed by atoms with Crippen molar-refractivity contribution in [3.63, 3.8) is 0 Å². The first kappa shape index (κ1) is 15.9. The molecule has 0 saturated heterocycles. The lowest BCUT2D eigenvalue weighted by Crippen LogP contribution is -2.18. The van der Waals surface area contributed by atoms with Crippen molar-refractivity contribution in [2.75, 3.05) is 5.32 Å². The highest BCUT2D eigenvalue weighted by atomic mass is 16.1. The number of anilines is 2. The van der Waals surface area contributed by atoms with Gasteiger partial charge < -0.3 is 5.32 Å². The van der Waals surface area contributed by atoms with Crippen molar-refractivity contribution in [2.24, 2.45) is 0 Å². The fourth-order valence-corrected chi connectivity index (χ4v) is 2.41. The first-order valence-electron chi connectivity index (χ1n) is 7.98. The zero-order valence-electron chi connectivity index (χ0n) is 13.8. The number of hydrogen-bond donors (Lipinski definition) is 2. The highest BCUT2D eigenvalue weighted by Crippen LogP contribution is 2.18. The molecular weight excluding hydrogens is 300 g/mol. The molecule has 0 spiro atoms. The third-order valence-electron chi connectivity index (χ3n) is 3.82. The molecule has 0 aliphatic heterocycles. The summed E-state index contributed by atoms with van der Waals surface area (Å²) < 4.78 is 0. The van der Waals surface area contributed by atoms with Crippen LogP contribution in [0.2, 0.25) is 0 Å². The van der Waals surface area contributed by atoms with Gasteiger partial charge in [0.05, 0.1) is 0 Å². The minimum absolute atomic E-state index is 0.227. The van der Waals surface area contributed by atoms with Crippen LogP contribution in [0.5, 0.6) is 0 Å². The predicted octanol–water partition coefficient (Wildman–Crippen LogP) is 3.62. The fraction of sp³-hybridized carbons (Fsp3) is 0.211. The lowest BCUT2D eigenvalue weighted by Gasteiger charge is -2.08. The number of aromatic nitrogens is 3. The van der Waals surface area contributed by atoms with Crippen molar-refractivity contribution < 1.29 is 0 Å². The topological polar surface area (TPSA) is 70.7 Å². The lowest BCUT2D eigenvalue weighted by atomic mass is 10.0. The van der Waals surface area contributed by atoms with E-state index in [0.717, 1.165) is 11.3 Å². The second-order valence-electron chi connectivity index (χ2n) is 6.01. The van der Waals surface area contributed by atoms with E-state index in [4.69, 9.17) is 0 Å². The maximum absolute atomic E-state index is 12.2. The summed E-state index contributed by atoms with van der Waals surface area (Å²) in [5, 5.41) is 11.2. The molecule has 3 aromatic rings. The summed E-state index contributed by atoms with van der Waals surface area (Å²) in [6, 6.07) is 17.8. The van der Waals surface area contributed by atoms with E-state index in [-0.39, 0.29) is 5.56 Å². The summed E-state index contributed by atoms with van der Waals surface area (Å²) in [5.41, 5.74) is 3.33. The summed E-state index contributed by atoms with van der Waals surface area (Å²) in [5.74, 6) is 0.824. The first-order chi connectivity index (χ1) is 11.6. The Bertz CT molecular complexity index is 855. The Hall–Kier alpha value is -2.95. The van der Waals surface area contributed by atoms with Gasteiger partial charge in [-0.25, -0.2) is 0 Å². The van der Waals surface area contributed by atoms with Crippen LogP contribution in [0.3, 0.4) is 0 Å². The van der Waals surface area contributed by atoms with Gasteiger partial charge in [0.25, 0.3) is 5.56 Å². The van der Waals surface area contributed by atoms with Gasteiger partial charge >= 0.3 is 0 Å². The van der Waals surface area contributed by atoms with Crippen molar-refractivity contribution >= 4 is 11.6 Å². The van der Waals surface area contributed by atoms with E-state index in [1.165, 1.54) is 5.56 Å². The molecule has 0 aliphatic carbocycles. The van der Waals surface area contributed by atoms with Gasteiger partial charge in [-0.15, -0.1) is 10.2 Å². The molecule has 0 aliphatic rings. The van der Waals surface area contributed by atoms with Crippen molar-refractivity contribution in [1.82, 2.24) is 15.2 Å². The van der Waals surface area contributed by atoms with Crippen LogP contribution in [0.1, 0.15) is 36.6 Å². The smallest absolute Gasteiger partial charge is 0.274 e. The van der Waals surface area contributed by atoms with Crippen LogP contribution >= 0.6 is 0 Å². The minimum Gasteiger partial charge on any atom is -0.324 e. The Labute approximate surface area is 140 Å². The van der Waals surface area contributed by atoms with Crippen LogP contribution < -0.4 is 10.9 Å². The van der Waals surface area contributed by atoms with E-state index in [0.29, 0.717) is 24.0 Å². The molecule has 122 valence electrons. The zero-order valence-corrected chi connectivity index (χ0v) is 13.8. The largest absolute Gasteiger partial charge is 0.324 e. The lowest BCUT2D eigenvalue weighted by molar-refractivity contribution is 0.865. The van der Waals surface area contributed by atoms with Crippen LogP contribution in [-0.4, -0.2) is 15.2 Å². The van der Waals surface area contributed by atoms with Crippen molar-refractivity contribution in [3.8, 4) is 0 Å². The quantitative estimate of drug-likeness (QED) is 0.753. The molecule has 0 atom stereocenters. The summed E-state index contributed by atoms with van der Waals surface area (Å²) in [4.78, 5) is 14.9. The van der Waals surface area contributed by atoms with E-state index in [9.17, 15) is 4.79 Å². The van der Waals surface area contributed by atoms with Crippen LogP contribution in [-0.2, 0) is 6.42 Å². The molecule has 2 N–H and O–H groups in total. The van der Waals surface area contributed by atoms with Gasteiger partial charge in [0.2, 0.25) is 5.95 Å². The number of aromatic amines is 1. The number of nitrogens with zero attached hydrogens (tertiary/aromatic N) is 2. The second-order valence-corrected chi connectivity index (χ2v) is 6.01. The second kappa shape index (κ2) is 7.08. The number of benzene rings is 2. The molecule has 0 saturated carbocycles. The van der Waals surface area contributed by atoms with E-state index >= 15 is 0 Å². The standard InChI is InChI=1S/C19H20N4O/c1-13(2)15-8-10-16(11-9-15)20-19-21-18(24)17(22-23-19)12-14-6-4-3-5-7-14/h3-11,13H,12H2,1-2H3,(H2,20,21,23,24). The van der Waals surface area contributed by atoms with Gasteiger partial charge in [-0.05, 0) is 29.2 Å². The molecule has 0 fully saturated rings. The van der Waals surface area contributed by atoms with Gasteiger partial charge in [-0.3, -0.25) is 9.78 Å². The van der Waals surface area contributed by atoms with Crippen LogP contribution in [0.25, 0.3) is 0 Å². The highest BCUT2D eigenvalue weighted by Gasteiger charge is 2.06. The van der Waals surface area contributed by atoms with E-state index in [1.807, 2.05) is 42.5 Å². The SMILES string of the molecule is CC(C)c1ccc(Nc2nnc(Cc3ccccc3)c(=O)[nH]2)cc1. The number of H-pyrrole nitrogens is 1. The predicted molar refractivity (Wildman–Crippen MR) is 95.7 cm³/mol. The van der Waals surface area contributed by atoms with Crippen molar-refractivity contribution in [1.29, 1.82) is 0 Å². The molecule has 0 unspecified atom stereocenters. The average Bonchev–Trinajstić information content (AvgIpc) is 2.59. The Morgan fingerprint density at radius 1 is 1.00 bits per heavy atom. The molecule has 1 heterocycles. The minimum atomic E-state index is -0.227. The van der Waals surface area contributed by atoms with E-state index in [1.54, 1.807) is 0 Å². The maximum Gasteiger partial charge on any atom is 0.274 e. The number of hydrogen-bond acceptors (Lipinski definition) is 4. The summed E-state index contributed by atoms with van der Waals surface area (Å²) >= 11 is 0. The van der Waals surface area contributed by atoms with Gasteiger partial charge in [0.1, 0.15) is 5.69 Å². The molecule has 2 aromatic carbocycles. The first-order valence-corrected chi connectivity index (χ1v) is 7.98. The maximum atomic E-state index is 12.2. The molecule has 0 amide bonds. The van der Waals surface area contributed by atoms with Crippen molar-refractivity contribution in [2.45, 2.75) is 26.2 Å². The van der Waals surface area contributed by atoms with Gasteiger partial charge in [0, 0.05) is 12.1 Å². The van der Waals surface area contributed by atoms with Gasteiger partial charge in [-0.2, -0.15) is 0 Å². The molecule has 0 radical (unpaired) electrons. The summed E-state index contributed by atoms with van der Waals surface area (Å²) in [6.07, 6.45) is 0.465.